The number of halogens is 1. The van der Waals surface area contributed by atoms with Gasteiger partial charge >= 0.3 is 0 Å². The zero-order valence-corrected chi connectivity index (χ0v) is 24.2. The van der Waals surface area contributed by atoms with Gasteiger partial charge in [0.25, 0.3) is 5.91 Å². The number of amides is 1. The van der Waals surface area contributed by atoms with E-state index in [-0.39, 0.29) is 29.2 Å². The first-order valence-corrected chi connectivity index (χ1v) is 16.7. The summed E-state index contributed by atoms with van der Waals surface area (Å²) in [7, 11) is -3.93. The highest BCUT2D eigenvalue weighted by Crippen LogP contribution is 2.58. The van der Waals surface area contributed by atoms with Crippen LogP contribution in [0.4, 0.5) is 0 Å². The van der Waals surface area contributed by atoms with E-state index in [0.717, 1.165) is 38.8 Å². The van der Waals surface area contributed by atoms with Crippen LogP contribution >= 0.6 is 11.6 Å². The molecule has 0 bridgehead atoms. The molecule has 2 saturated carbocycles. The highest BCUT2D eigenvalue weighted by molar-refractivity contribution is 7.89. The molecule has 4 atom stereocenters. The first-order chi connectivity index (χ1) is 18.7. The van der Waals surface area contributed by atoms with Gasteiger partial charge in [0.15, 0.2) is 0 Å². The number of likely N-dealkylation sites (tertiary alicyclic amines) is 2. The first kappa shape index (κ1) is 27.9. The predicted octanol–water partition coefficient (Wildman–Crippen LogP) is 3.25. The molecule has 1 amide bonds. The normalized spacial score (nSPS) is 31.7. The molecule has 5 aliphatic rings. The molecule has 216 valence electrons. The van der Waals surface area contributed by atoms with Gasteiger partial charge in [0.1, 0.15) is 6.10 Å². The lowest BCUT2D eigenvalue weighted by atomic mass is 9.80. The van der Waals surface area contributed by atoms with Gasteiger partial charge in [-0.2, -0.15) is 4.31 Å². The molecular weight excluding hydrogens is 538 g/mol. The van der Waals surface area contributed by atoms with E-state index in [1.165, 1.54) is 31.4 Å². The summed E-state index contributed by atoms with van der Waals surface area (Å²) in [4.78, 5) is 18.2. The van der Waals surface area contributed by atoms with Crippen molar-refractivity contribution in [1.29, 1.82) is 0 Å². The number of benzene rings is 1. The van der Waals surface area contributed by atoms with Crippen LogP contribution < -0.4 is 0 Å². The number of sulfonamides is 1. The summed E-state index contributed by atoms with van der Waals surface area (Å²) in [6.07, 6.45) is 7.30. The Bertz CT molecular complexity index is 1140. The highest BCUT2D eigenvalue weighted by Gasteiger charge is 2.64. The van der Waals surface area contributed by atoms with Crippen molar-refractivity contribution in [3.05, 3.63) is 29.3 Å². The fourth-order valence-corrected chi connectivity index (χ4v) is 9.70. The monoisotopic (exact) mass is 579 g/mol. The molecule has 0 aromatic heterocycles. The van der Waals surface area contributed by atoms with Crippen LogP contribution in [0.2, 0.25) is 5.02 Å². The number of aliphatic hydroxyl groups excluding tert-OH is 2. The van der Waals surface area contributed by atoms with Crippen molar-refractivity contribution in [1.82, 2.24) is 14.1 Å². The summed E-state index contributed by atoms with van der Waals surface area (Å²) in [6, 6.07) is 5.74. The maximum absolute atomic E-state index is 14.1. The molecule has 1 aromatic rings. The number of piperidine rings is 3. The molecule has 1 aromatic carbocycles. The van der Waals surface area contributed by atoms with Crippen molar-refractivity contribution in [2.24, 2.45) is 11.3 Å². The van der Waals surface area contributed by atoms with Gasteiger partial charge in [0.2, 0.25) is 10.0 Å². The molecule has 2 aliphatic carbocycles. The largest absolute Gasteiger partial charge is 0.393 e. The number of carbonyl (C=O) groups excluding carboxylic acids is 1. The standard InChI is InChI=1S/C29H42ClN3O5S/c30-21-6-8-24(9-7-21)39(37,38)33-25(20-4-5-20)18-23(34)19-26(33)29(12-13-29)27(35)28(36)32-16-10-22(11-17-32)31-14-2-1-3-15-31/h6-9,20,22-23,25-27,34-35H,1-5,10-19H2/t23-,25-,26+,27?/m0/s1. The topological polar surface area (TPSA) is 101 Å². The number of hydrogen-bond donors (Lipinski definition) is 2. The summed E-state index contributed by atoms with van der Waals surface area (Å²) < 4.78 is 29.9. The average molecular weight is 580 g/mol. The van der Waals surface area contributed by atoms with Crippen LogP contribution in [0.3, 0.4) is 0 Å². The molecule has 39 heavy (non-hydrogen) atoms. The second-order valence-electron chi connectivity index (χ2n) is 12.6. The van der Waals surface area contributed by atoms with Crippen LogP contribution in [-0.4, -0.2) is 95.2 Å². The number of rotatable bonds is 7. The summed E-state index contributed by atoms with van der Waals surface area (Å²) in [5, 5.41) is 23.0. The van der Waals surface area contributed by atoms with E-state index in [0.29, 0.717) is 43.4 Å². The Morgan fingerprint density at radius 2 is 1.59 bits per heavy atom. The molecule has 8 nitrogen and oxygen atoms in total. The number of carbonyl (C=O) groups is 1. The molecule has 2 N–H and O–H groups in total. The molecule has 3 saturated heterocycles. The van der Waals surface area contributed by atoms with Gasteiger partial charge in [-0.1, -0.05) is 18.0 Å². The lowest BCUT2D eigenvalue weighted by molar-refractivity contribution is -0.148. The third kappa shape index (κ3) is 5.40. The van der Waals surface area contributed by atoms with Crippen molar-refractivity contribution in [2.45, 2.75) is 106 Å². The van der Waals surface area contributed by atoms with E-state index >= 15 is 0 Å². The molecule has 0 spiro atoms. The quantitative estimate of drug-likeness (QED) is 0.514. The molecule has 0 radical (unpaired) electrons. The zero-order valence-electron chi connectivity index (χ0n) is 22.6. The number of nitrogens with zero attached hydrogens (tertiary/aromatic N) is 3. The van der Waals surface area contributed by atoms with Gasteiger partial charge in [-0.3, -0.25) is 4.79 Å². The number of hydrogen-bond acceptors (Lipinski definition) is 6. The Kier molecular flexibility index (Phi) is 7.79. The van der Waals surface area contributed by atoms with E-state index < -0.39 is 33.7 Å². The van der Waals surface area contributed by atoms with Crippen LogP contribution in [0, 0.1) is 11.3 Å². The van der Waals surface area contributed by atoms with E-state index in [9.17, 15) is 23.4 Å². The van der Waals surface area contributed by atoms with Crippen LogP contribution in [0.1, 0.15) is 70.6 Å². The van der Waals surface area contributed by atoms with Gasteiger partial charge in [-0.25, -0.2) is 8.42 Å². The lowest BCUT2D eigenvalue weighted by Gasteiger charge is -2.48. The Morgan fingerprint density at radius 1 is 0.949 bits per heavy atom. The minimum Gasteiger partial charge on any atom is -0.393 e. The second kappa shape index (κ2) is 10.9. The van der Waals surface area contributed by atoms with E-state index in [1.807, 2.05) is 0 Å². The smallest absolute Gasteiger partial charge is 0.252 e. The fraction of sp³-hybridized carbons (Fsp3) is 0.759. The molecule has 3 aliphatic heterocycles. The van der Waals surface area contributed by atoms with Crippen molar-refractivity contribution in [2.75, 3.05) is 26.2 Å². The van der Waals surface area contributed by atoms with Crippen LogP contribution in [-0.2, 0) is 14.8 Å². The van der Waals surface area contributed by atoms with Crippen molar-refractivity contribution >= 4 is 27.5 Å². The molecule has 1 unspecified atom stereocenters. The van der Waals surface area contributed by atoms with Crippen molar-refractivity contribution in [3.63, 3.8) is 0 Å². The molecule has 5 fully saturated rings. The van der Waals surface area contributed by atoms with E-state index in [1.54, 1.807) is 21.3 Å². The van der Waals surface area contributed by atoms with Gasteiger partial charge < -0.3 is 20.0 Å². The fourth-order valence-electron chi connectivity index (χ4n) is 7.60. The van der Waals surface area contributed by atoms with E-state index in [4.69, 9.17) is 11.6 Å². The molecule has 3 heterocycles. The van der Waals surface area contributed by atoms with Crippen molar-refractivity contribution < 1.29 is 23.4 Å². The maximum atomic E-state index is 14.1. The minimum atomic E-state index is -3.93. The first-order valence-electron chi connectivity index (χ1n) is 14.9. The third-order valence-corrected chi connectivity index (χ3v) is 12.4. The minimum absolute atomic E-state index is 0.162. The Labute approximate surface area is 237 Å². The molecule has 6 rings (SSSR count). The Hall–Kier alpha value is -1.23. The predicted molar refractivity (Wildman–Crippen MR) is 149 cm³/mol. The summed E-state index contributed by atoms with van der Waals surface area (Å²) >= 11 is 6.05. The van der Waals surface area contributed by atoms with E-state index in [2.05, 4.69) is 4.90 Å². The van der Waals surface area contributed by atoms with Crippen LogP contribution in [0.25, 0.3) is 0 Å². The maximum Gasteiger partial charge on any atom is 0.252 e. The summed E-state index contributed by atoms with van der Waals surface area (Å²) in [5.41, 5.74) is -0.866. The van der Waals surface area contributed by atoms with Gasteiger partial charge in [-0.15, -0.1) is 0 Å². The highest BCUT2D eigenvalue weighted by atomic mass is 35.5. The Morgan fingerprint density at radius 3 is 2.18 bits per heavy atom. The number of aliphatic hydroxyl groups is 2. The molecular formula is C29H42ClN3O5S. The lowest BCUT2D eigenvalue weighted by Crippen LogP contribution is -2.61. The van der Waals surface area contributed by atoms with Crippen molar-refractivity contribution in [3.8, 4) is 0 Å². The summed E-state index contributed by atoms with van der Waals surface area (Å²) in [5.74, 6) is -0.0848. The zero-order chi connectivity index (χ0) is 27.4. The Balaban J connectivity index is 1.23. The van der Waals surface area contributed by atoms with Gasteiger partial charge in [0.05, 0.1) is 11.0 Å². The van der Waals surface area contributed by atoms with Crippen LogP contribution in [0.5, 0.6) is 0 Å². The second-order valence-corrected chi connectivity index (χ2v) is 14.9. The van der Waals surface area contributed by atoms with Crippen LogP contribution in [0.15, 0.2) is 29.2 Å². The SMILES string of the molecule is O=C(C(O)C1([C@H]2C[C@@H](O)C[C@@H](C3CC3)N2S(=O)(=O)c2ccc(Cl)cc2)CC1)N1CCC(N2CCCCC2)CC1. The third-order valence-electron chi connectivity index (χ3n) is 10.2. The van der Waals surface area contributed by atoms with Gasteiger partial charge in [0, 0.05) is 41.7 Å². The molecule has 10 heteroatoms. The van der Waals surface area contributed by atoms with Gasteiger partial charge in [-0.05, 0) is 107 Å². The average Bonchev–Trinajstić information content (AvgIpc) is 3.87. The summed E-state index contributed by atoms with van der Waals surface area (Å²) in [6.45, 7) is 3.51.